The Morgan fingerprint density at radius 1 is 1.35 bits per heavy atom. The van der Waals surface area contributed by atoms with E-state index < -0.39 is 28.9 Å². The van der Waals surface area contributed by atoms with E-state index >= 15 is 0 Å². The van der Waals surface area contributed by atoms with Crippen LogP contribution in [0.15, 0.2) is 18.2 Å². The van der Waals surface area contributed by atoms with Gasteiger partial charge in [0.2, 0.25) is 0 Å². The van der Waals surface area contributed by atoms with Gasteiger partial charge in [-0.2, -0.15) is 0 Å². The molecule has 1 saturated heterocycles. The second-order valence-electron chi connectivity index (χ2n) is 6.29. The van der Waals surface area contributed by atoms with Crippen molar-refractivity contribution in [3.8, 4) is 0 Å². The van der Waals surface area contributed by atoms with Crippen LogP contribution in [0.2, 0.25) is 0 Å². The maximum atomic E-state index is 12.7. The molecular weight excluding hydrogens is 342 g/mol. The number of nitro benzene ring substituents is 1. The Balaban J connectivity index is 1.75. The van der Waals surface area contributed by atoms with Crippen LogP contribution < -0.4 is 0 Å². The van der Waals surface area contributed by atoms with Crippen LogP contribution in [0.4, 0.5) is 10.5 Å². The average Bonchev–Trinajstić information content (AvgIpc) is 3.19. The lowest BCUT2D eigenvalue weighted by molar-refractivity contribution is -0.385. The fourth-order valence-corrected chi connectivity index (χ4v) is 3.28. The summed E-state index contributed by atoms with van der Waals surface area (Å²) in [5.41, 5.74) is -0.517. The number of carbonyl (C=O) groups excluding carboxylic acids is 3. The zero-order valence-electron chi connectivity index (χ0n) is 14.3. The highest BCUT2D eigenvalue weighted by Crippen LogP contribution is 2.33. The Morgan fingerprint density at radius 2 is 2.12 bits per heavy atom. The van der Waals surface area contributed by atoms with Crippen LogP contribution in [-0.2, 0) is 4.74 Å². The highest BCUT2D eigenvalue weighted by molar-refractivity contribution is 6.23. The van der Waals surface area contributed by atoms with Gasteiger partial charge in [-0.15, -0.1) is 0 Å². The van der Waals surface area contributed by atoms with Gasteiger partial charge in [-0.05, 0) is 18.9 Å². The number of ether oxygens (including phenoxy) is 1. The zero-order chi connectivity index (χ0) is 18.8. The zero-order valence-corrected chi connectivity index (χ0v) is 14.3. The number of hydrogen-bond acceptors (Lipinski definition) is 6. The lowest BCUT2D eigenvalue weighted by Gasteiger charge is -2.22. The van der Waals surface area contributed by atoms with Crippen LogP contribution >= 0.6 is 0 Å². The molecule has 0 N–H and O–H groups in total. The van der Waals surface area contributed by atoms with Crippen molar-refractivity contribution >= 4 is 23.6 Å². The maximum absolute atomic E-state index is 12.7. The number of nitrogens with zero attached hydrogens (tertiary/aromatic N) is 3. The lowest BCUT2D eigenvalue weighted by Crippen LogP contribution is -2.42. The van der Waals surface area contributed by atoms with Crippen LogP contribution in [0.3, 0.4) is 0 Å². The highest BCUT2D eigenvalue weighted by atomic mass is 16.6. The van der Waals surface area contributed by atoms with Crippen molar-refractivity contribution in [2.24, 2.45) is 0 Å². The van der Waals surface area contributed by atoms with Gasteiger partial charge in [0.15, 0.2) is 0 Å². The molecule has 2 heterocycles. The number of unbranched alkanes of at least 4 members (excludes halogenated alkanes) is 1. The Morgan fingerprint density at radius 3 is 2.81 bits per heavy atom. The molecule has 9 nitrogen and oxygen atoms in total. The van der Waals surface area contributed by atoms with Crippen molar-refractivity contribution in [1.29, 1.82) is 0 Å². The van der Waals surface area contributed by atoms with Gasteiger partial charge in [-0.1, -0.05) is 19.4 Å². The summed E-state index contributed by atoms with van der Waals surface area (Å²) in [5.74, 6) is -1.23. The molecule has 138 valence electrons. The number of fused-ring (bicyclic) bond motifs is 1. The Bertz CT molecular complexity index is 778. The normalized spacial score (nSPS) is 19.0. The van der Waals surface area contributed by atoms with Gasteiger partial charge >= 0.3 is 6.09 Å². The molecular formula is C17H19N3O6. The molecule has 1 atom stereocenters. The third-order valence-electron chi connectivity index (χ3n) is 4.63. The summed E-state index contributed by atoms with van der Waals surface area (Å²) in [5, 5.41) is 11.2. The monoisotopic (exact) mass is 361 g/mol. The molecule has 0 unspecified atom stereocenters. The van der Waals surface area contributed by atoms with Crippen molar-refractivity contribution in [3.05, 3.63) is 39.4 Å². The van der Waals surface area contributed by atoms with Gasteiger partial charge in [-0.3, -0.25) is 24.6 Å². The SMILES string of the molecule is CCCCOC(=O)N1CC[C@@H](N2C(=O)c3cccc([N+](=O)[O-])c3C2=O)C1. The Kier molecular flexibility index (Phi) is 4.88. The molecule has 0 aliphatic carbocycles. The molecule has 9 heteroatoms. The molecule has 3 amide bonds. The minimum Gasteiger partial charge on any atom is -0.449 e. The van der Waals surface area contributed by atoms with Crippen molar-refractivity contribution in [2.75, 3.05) is 19.7 Å². The smallest absolute Gasteiger partial charge is 0.409 e. The molecule has 1 aromatic rings. The predicted octanol–water partition coefficient (Wildman–Crippen LogP) is 2.20. The van der Waals surface area contributed by atoms with Gasteiger partial charge in [0, 0.05) is 19.2 Å². The summed E-state index contributed by atoms with van der Waals surface area (Å²) in [7, 11) is 0. The number of amides is 3. The number of likely N-dealkylation sites (tertiary alicyclic amines) is 1. The van der Waals surface area contributed by atoms with Gasteiger partial charge in [0.25, 0.3) is 17.5 Å². The van der Waals surface area contributed by atoms with Gasteiger partial charge in [-0.25, -0.2) is 4.79 Å². The minimum absolute atomic E-state index is 0.0353. The molecule has 2 aliphatic heterocycles. The lowest BCUT2D eigenvalue weighted by atomic mass is 10.1. The summed E-state index contributed by atoms with van der Waals surface area (Å²) in [6, 6.07) is 3.49. The molecule has 0 spiro atoms. The van der Waals surface area contributed by atoms with E-state index in [1.165, 1.54) is 23.1 Å². The molecule has 0 radical (unpaired) electrons. The van der Waals surface area contributed by atoms with E-state index in [2.05, 4.69) is 0 Å². The first-order valence-corrected chi connectivity index (χ1v) is 8.52. The second kappa shape index (κ2) is 7.11. The minimum atomic E-state index is -0.677. The summed E-state index contributed by atoms with van der Waals surface area (Å²) >= 11 is 0. The Hall–Kier alpha value is -2.97. The third kappa shape index (κ3) is 3.00. The predicted molar refractivity (Wildman–Crippen MR) is 89.8 cm³/mol. The van der Waals surface area contributed by atoms with Crippen molar-refractivity contribution in [2.45, 2.75) is 32.2 Å². The van der Waals surface area contributed by atoms with Crippen LogP contribution in [-0.4, -0.2) is 58.4 Å². The van der Waals surface area contributed by atoms with E-state index in [4.69, 9.17) is 4.74 Å². The standard InChI is InChI=1S/C17H19N3O6/c1-2-3-9-26-17(23)18-8-7-11(10-18)19-15(21)12-5-4-6-13(20(24)25)14(12)16(19)22/h4-6,11H,2-3,7-10H2,1H3/t11-/m1/s1. The second-order valence-corrected chi connectivity index (χ2v) is 6.29. The van der Waals surface area contributed by atoms with Gasteiger partial charge in [0.1, 0.15) is 5.56 Å². The maximum Gasteiger partial charge on any atom is 0.409 e. The summed E-state index contributed by atoms with van der Waals surface area (Å²) in [4.78, 5) is 50.3. The first-order valence-electron chi connectivity index (χ1n) is 8.52. The topological polar surface area (TPSA) is 110 Å². The molecule has 0 bridgehead atoms. The molecule has 26 heavy (non-hydrogen) atoms. The van der Waals surface area contributed by atoms with E-state index in [1.54, 1.807) is 0 Å². The number of carbonyl (C=O) groups is 3. The summed E-state index contributed by atoms with van der Waals surface area (Å²) in [6.07, 6.45) is 1.63. The molecule has 3 rings (SSSR count). The van der Waals surface area contributed by atoms with E-state index in [-0.39, 0.29) is 23.4 Å². The fourth-order valence-electron chi connectivity index (χ4n) is 3.28. The number of benzene rings is 1. The molecule has 2 aliphatic rings. The molecule has 1 fully saturated rings. The van der Waals surface area contributed by atoms with E-state index in [0.717, 1.165) is 17.7 Å². The number of hydrogen-bond donors (Lipinski definition) is 0. The fraction of sp³-hybridized carbons (Fsp3) is 0.471. The van der Waals surface area contributed by atoms with Gasteiger partial charge < -0.3 is 9.64 Å². The van der Waals surface area contributed by atoms with Crippen LogP contribution in [0.1, 0.15) is 46.9 Å². The third-order valence-corrected chi connectivity index (χ3v) is 4.63. The van der Waals surface area contributed by atoms with E-state index in [9.17, 15) is 24.5 Å². The van der Waals surface area contributed by atoms with Gasteiger partial charge in [0.05, 0.1) is 23.1 Å². The first kappa shape index (κ1) is 17.8. The van der Waals surface area contributed by atoms with Crippen LogP contribution in [0.25, 0.3) is 0 Å². The Labute approximate surface area is 149 Å². The largest absolute Gasteiger partial charge is 0.449 e. The van der Waals surface area contributed by atoms with Crippen molar-refractivity contribution < 1.29 is 24.0 Å². The van der Waals surface area contributed by atoms with Crippen LogP contribution in [0, 0.1) is 10.1 Å². The summed E-state index contributed by atoms with van der Waals surface area (Å²) < 4.78 is 5.15. The molecule has 1 aromatic carbocycles. The quantitative estimate of drug-likeness (QED) is 0.344. The highest BCUT2D eigenvalue weighted by Gasteiger charge is 2.46. The number of nitro groups is 1. The van der Waals surface area contributed by atoms with E-state index in [0.29, 0.717) is 19.6 Å². The summed E-state index contributed by atoms with van der Waals surface area (Å²) in [6.45, 7) is 2.85. The number of rotatable bonds is 5. The molecule has 0 saturated carbocycles. The first-order chi connectivity index (χ1) is 12.5. The molecule has 0 aromatic heterocycles. The van der Waals surface area contributed by atoms with E-state index in [1.807, 2.05) is 6.92 Å². The average molecular weight is 361 g/mol. The van der Waals surface area contributed by atoms with Crippen molar-refractivity contribution in [3.63, 3.8) is 0 Å². The number of imide groups is 1. The van der Waals surface area contributed by atoms with Crippen LogP contribution in [0.5, 0.6) is 0 Å². The van der Waals surface area contributed by atoms with Crippen molar-refractivity contribution in [1.82, 2.24) is 9.80 Å².